The number of methoxy groups -OCH3 is 2. The Hall–Kier alpha value is -3.34. The van der Waals surface area contributed by atoms with Gasteiger partial charge in [-0.15, -0.1) is 0 Å². The van der Waals surface area contributed by atoms with Crippen molar-refractivity contribution in [2.45, 2.75) is 79.1 Å². The Kier molecular flexibility index (Phi) is 9.27. The number of fused-ring (bicyclic) bond motifs is 1. The van der Waals surface area contributed by atoms with Crippen molar-refractivity contribution in [2.24, 2.45) is 16.7 Å². The Morgan fingerprint density at radius 1 is 0.844 bits per heavy atom. The lowest BCUT2D eigenvalue weighted by Gasteiger charge is -2.41. The lowest BCUT2D eigenvalue weighted by atomic mass is 9.64. The van der Waals surface area contributed by atoms with Crippen molar-refractivity contribution in [1.29, 1.82) is 0 Å². The van der Waals surface area contributed by atoms with Gasteiger partial charge >= 0.3 is 0 Å². The molecule has 0 radical (unpaired) electrons. The second kappa shape index (κ2) is 13.2. The maximum atomic E-state index is 6.27. The van der Waals surface area contributed by atoms with Crippen LogP contribution < -0.4 is 9.64 Å². The van der Waals surface area contributed by atoms with Crippen LogP contribution in [-0.4, -0.2) is 33.6 Å². The molecule has 2 aliphatic carbocycles. The highest BCUT2D eigenvalue weighted by Gasteiger charge is 2.36. The van der Waals surface area contributed by atoms with Crippen LogP contribution in [-0.2, 0) is 22.5 Å². The SMILES string of the molecule is COC(OC)C1CCN(c2ccc(C3=C(C4=CC(C)(C)CC(C)(C)C4)CCc4cc(OCc5ccccc5)ccc43)cc2)CC1. The number of ether oxygens (including phenoxy) is 3. The van der Waals surface area contributed by atoms with Crippen LogP contribution in [0, 0.1) is 16.7 Å². The van der Waals surface area contributed by atoms with Gasteiger partial charge in [-0.2, -0.15) is 0 Å². The summed E-state index contributed by atoms with van der Waals surface area (Å²) in [7, 11) is 3.49. The van der Waals surface area contributed by atoms with E-state index in [1.54, 1.807) is 19.8 Å². The molecule has 0 bridgehead atoms. The minimum Gasteiger partial charge on any atom is -0.489 e. The normalized spacial score (nSPS) is 19.8. The molecule has 1 heterocycles. The van der Waals surface area contributed by atoms with Gasteiger partial charge in [0, 0.05) is 38.9 Å². The molecule has 3 aromatic carbocycles. The standard InChI is InChI=1S/C41H51NO3/c1-40(2)25-33(26-41(3,4)28-40)37-18-14-32-24-35(45-27-29-10-8-7-9-11-29)17-19-36(32)38(37)30-12-15-34(16-13-30)42-22-20-31(21-23-42)39(43-5)44-6/h7-13,15-17,19,24-25,31,39H,14,18,20-23,26-28H2,1-6H3. The highest BCUT2D eigenvalue weighted by molar-refractivity contribution is 5.88. The van der Waals surface area contributed by atoms with Crippen molar-refractivity contribution < 1.29 is 14.2 Å². The van der Waals surface area contributed by atoms with Gasteiger partial charge in [0.25, 0.3) is 0 Å². The smallest absolute Gasteiger partial charge is 0.159 e. The zero-order chi connectivity index (χ0) is 31.6. The molecule has 0 spiro atoms. The lowest BCUT2D eigenvalue weighted by molar-refractivity contribution is -0.141. The van der Waals surface area contributed by atoms with Gasteiger partial charge in [0.2, 0.25) is 0 Å². The van der Waals surface area contributed by atoms with Crippen LogP contribution in [0.15, 0.2) is 90.0 Å². The second-order valence-electron chi connectivity index (χ2n) is 14.8. The molecule has 1 aliphatic heterocycles. The van der Waals surface area contributed by atoms with Gasteiger partial charge in [-0.3, -0.25) is 0 Å². The molecule has 0 amide bonds. The quantitative estimate of drug-likeness (QED) is 0.227. The molecule has 238 valence electrons. The first-order valence-electron chi connectivity index (χ1n) is 16.8. The molecule has 0 atom stereocenters. The molecular weight excluding hydrogens is 554 g/mol. The van der Waals surface area contributed by atoms with Crippen molar-refractivity contribution in [3.8, 4) is 5.75 Å². The molecule has 0 aromatic heterocycles. The van der Waals surface area contributed by atoms with Crippen molar-refractivity contribution in [3.63, 3.8) is 0 Å². The molecular formula is C41H51NO3. The number of anilines is 1. The van der Waals surface area contributed by atoms with Gasteiger partial charge in [-0.25, -0.2) is 0 Å². The summed E-state index contributed by atoms with van der Waals surface area (Å²) in [5.74, 6) is 1.39. The number of hydrogen-bond acceptors (Lipinski definition) is 4. The number of allylic oxidation sites excluding steroid dienone is 3. The summed E-state index contributed by atoms with van der Waals surface area (Å²) in [6, 6.07) is 26.6. The van der Waals surface area contributed by atoms with Crippen LogP contribution in [0.5, 0.6) is 5.75 Å². The molecule has 4 nitrogen and oxygen atoms in total. The summed E-state index contributed by atoms with van der Waals surface area (Å²) in [4.78, 5) is 2.51. The topological polar surface area (TPSA) is 30.9 Å². The highest BCUT2D eigenvalue weighted by atomic mass is 16.7. The molecule has 0 saturated carbocycles. The third-order valence-electron chi connectivity index (χ3n) is 10.0. The predicted octanol–water partition coefficient (Wildman–Crippen LogP) is 9.62. The van der Waals surface area contributed by atoms with Crippen molar-refractivity contribution >= 4 is 11.3 Å². The first kappa shape index (κ1) is 31.6. The Morgan fingerprint density at radius 3 is 2.22 bits per heavy atom. The van der Waals surface area contributed by atoms with E-state index in [0.717, 1.165) is 50.9 Å². The van der Waals surface area contributed by atoms with Gasteiger partial charge < -0.3 is 19.1 Å². The minimum absolute atomic E-state index is 0.112. The Labute approximate surface area is 271 Å². The number of rotatable bonds is 9. The molecule has 0 N–H and O–H groups in total. The molecule has 1 fully saturated rings. The van der Waals surface area contributed by atoms with Crippen LogP contribution in [0.2, 0.25) is 0 Å². The maximum absolute atomic E-state index is 6.27. The Morgan fingerprint density at radius 2 is 1.56 bits per heavy atom. The summed E-state index contributed by atoms with van der Waals surface area (Å²) in [6.07, 6.45) is 9.05. The van der Waals surface area contributed by atoms with Crippen LogP contribution in [0.1, 0.15) is 82.1 Å². The molecule has 4 heteroatoms. The number of aryl methyl sites for hydroxylation is 1. The third-order valence-corrected chi connectivity index (χ3v) is 10.0. The van der Waals surface area contributed by atoms with Gasteiger partial charge in [0.15, 0.2) is 6.29 Å². The van der Waals surface area contributed by atoms with Gasteiger partial charge in [-0.1, -0.05) is 82.3 Å². The summed E-state index contributed by atoms with van der Waals surface area (Å²) in [6.45, 7) is 12.3. The van der Waals surface area contributed by atoms with E-state index in [9.17, 15) is 0 Å². The van der Waals surface area contributed by atoms with E-state index in [4.69, 9.17) is 14.2 Å². The number of benzene rings is 3. The molecule has 3 aliphatic rings. The van der Waals surface area contributed by atoms with Crippen LogP contribution >= 0.6 is 0 Å². The molecule has 0 unspecified atom stereocenters. The van der Waals surface area contributed by atoms with E-state index >= 15 is 0 Å². The summed E-state index contributed by atoms with van der Waals surface area (Å²) in [5.41, 5.74) is 11.5. The monoisotopic (exact) mass is 605 g/mol. The molecule has 45 heavy (non-hydrogen) atoms. The predicted molar refractivity (Wildman–Crippen MR) is 186 cm³/mol. The maximum Gasteiger partial charge on any atom is 0.159 e. The van der Waals surface area contributed by atoms with Crippen molar-refractivity contribution in [3.05, 3.63) is 112 Å². The van der Waals surface area contributed by atoms with Gasteiger partial charge in [0.05, 0.1) is 0 Å². The fourth-order valence-electron chi connectivity index (χ4n) is 8.38. The van der Waals surface area contributed by atoms with Gasteiger partial charge in [0.1, 0.15) is 12.4 Å². The van der Waals surface area contributed by atoms with Crippen LogP contribution in [0.4, 0.5) is 5.69 Å². The first-order chi connectivity index (χ1) is 21.6. The van der Waals surface area contributed by atoms with E-state index in [2.05, 4.69) is 105 Å². The van der Waals surface area contributed by atoms with Crippen molar-refractivity contribution in [1.82, 2.24) is 0 Å². The minimum atomic E-state index is -0.112. The zero-order valence-corrected chi connectivity index (χ0v) is 28.2. The fourth-order valence-corrected chi connectivity index (χ4v) is 8.38. The zero-order valence-electron chi connectivity index (χ0n) is 28.2. The number of hydrogen-bond donors (Lipinski definition) is 0. The van der Waals surface area contributed by atoms with Gasteiger partial charge in [-0.05, 0) is 113 Å². The van der Waals surface area contributed by atoms with E-state index in [-0.39, 0.29) is 17.1 Å². The number of nitrogens with zero attached hydrogens (tertiary/aromatic N) is 1. The summed E-state index contributed by atoms with van der Waals surface area (Å²) < 4.78 is 17.4. The van der Waals surface area contributed by atoms with E-state index < -0.39 is 0 Å². The lowest BCUT2D eigenvalue weighted by Crippen LogP contribution is -2.39. The van der Waals surface area contributed by atoms with Crippen molar-refractivity contribution in [2.75, 3.05) is 32.2 Å². The molecule has 6 rings (SSSR count). The Bertz CT molecular complexity index is 1520. The Balaban J connectivity index is 1.32. The third kappa shape index (κ3) is 7.23. The van der Waals surface area contributed by atoms with E-state index in [0.29, 0.717) is 12.5 Å². The number of piperidine rings is 1. The van der Waals surface area contributed by atoms with Crippen LogP contribution in [0.25, 0.3) is 5.57 Å². The highest BCUT2D eigenvalue weighted by Crippen LogP contribution is 2.50. The fraction of sp³-hybridized carbons (Fsp3) is 0.463. The summed E-state index contributed by atoms with van der Waals surface area (Å²) >= 11 is 0. The van der Waals surface area contributed by atoms with Crippen LogP contribution in [0.3, 0.4) is 0 Å². The van der Waals surface area contributed by atoms with E-state index in [1.807, 2.05) is 6.07 Å². The summed E-state index contributed by atoms with van der Waals surface area (Å²) in [5, 5.41) is 0. The average molecular weight is 606 g/mol. The average Bonchev–Trinajstić information content (AvgIpc) is 3.03. The first-order valence-corrected chi connectivity index (χ1v) is 16.8. The molecule has 3 aromatic rings. The second-order valence-corrected chi connectivity index (χ2v) is 14.8. The largest absolute Gasteiger partial charge is 0.489 e. The van der Waals surface area contributed by atoms with E-state index in [1.165, 1.54) is 45.5 Å². The molecule has 1 saturated heterocycles.